The monoisotopic (exact) mass is 224 g/mol. The molecule has 1 heterocycles. The van der Waals surface area contributed by atoms with E-state index in [1.54, 1.807) is 0 Å². The molecule has 1 rings (SSSR count). The Balaban J connectivity index is 2.30. The van der Waals surface area contributed by atoms with E-state index < -0.39 is 0 Å². The highest BCUT2D eigenvalue weighted by Gasteiger charge is 2.00. The van der Waals surface area contributed by atoms with Crippen molar-refractivity contribution in [2.75, 3.05) is 13.2 Å². The molecule has 3 nitrogen and oxygen atoms in total. The average Bonchev–Trinajstić information content (AvgIpc) is 2.32. The maximum Gasteiger partial charge on any atom is 0.169 e. The molecule has 0 fully saturated rings. The van der Waals surface area contributed by atoms with Crippen LogP contribution in [0, 0.1) is 0 Å². The minimum atomic E-state index is 0.278. The van der Waals surface area contributed by atoms with Crippen LogP contribution >= 0.6 is 0 Å². The van der Waals surface area contributed by atoms with Crippen molar-refractivity contribution in [1.29, 1.82) is 0 Å². The average molecular weight is 224 g/mol. The highest BCUT2D eigenvalue weighted by atomic mass is 16.3. The quantitative estimate of drug-likeness (QED) is 0.512. The predicted octanol–water partition coefficient (Wildman–Crippen LogP) is 1.06. The lowest BCUT2D eigenvalue weighted by Gasteiger charge is -2.00. The molecule has 0 saturated carbocycles. The smallest absolute Gasteiger partial charge is 0.169 e. The Hall–Kier alpha value is -0.930. The van der Waals surface area contributed by atoms with Crippen LogP contribution in [0.4, 0.5) is 0 Å². The molecular weight excluding hydrogens is 202 g/mol. The van der Waals surface area contributed by atoms with E-state index in [2.05, 4.69) is 29.1 Å². The number of unbranched alkanes of at least 4 members (excludes halogenated alkanes) is 2. The maximum absolute atomic E-state index is 8.68. The lowest BCUT2D eigenvalue weighted by atomic mass is 10.1. The number of aliphatic hydroxyl groups excluding tert-OH is 2. The van der Waals surface area contributed by atoms with Gasteiger partial charge in [-0.1, -0.05) is 0 Å². The number of aromatic nitrogens is 1. The lowest BCUT2D eigenvalue weighted by Crippen LogP contribution is -2.32. The number of aliphatic hydroxyl groups is 2. The van der Waals surface area contributed by atoms with Gasteiger partial charge in [0.25, 0.3) is 0 Å². The van der Waals surface area contributed by atoms with E-state index in [1.807, 2.05) is 0 Å². The summed E-state index contributed by atoms with van der Waals surface area (Å²) >= 11 is 0. The first-order valence-electron chi connectivity index (χ1n) is 6.06. The van der Waals surface area contributed by atoms with Crippen molar-refractivity contribution in [3.05, 3.63) is 30.1 Å². The summed E-state index contributed by atoms with van der Waals surface area (Å²) in [5.41, 5.74) is 1.33. The van der Waals surface area contributed by atoms with Crippen LogP contribution in [0.3, 0.4) is 0 Å². The number of nitrogens with zero attached hydrogens (tertiary/aromatic N) is 1. The Morgan fingerprint density at radius 2 is 1.50 bits per heavy atom. The molecule has 0 aromatic carbocycles. The maximum atomic E-state index is 8.68. The molecule has 1 aromatic heterocycles. The molecule has 0 amide bonds. The fourth-order valence-corrected chi connectivity index (χ4v) is 1.65. The van der Waals surface area contributed by atoms with Gasteiger partial charge in [0.1, 0.15) is 6.54 Å². The molecule has 0 radical (unpaired) electrons. The molecule has 0 bridgehead atoms. The highest BCUT2D eigenvalue weighted by molar-refractivity contribution is 5.07. The van der Waals surface area contributed by atoms with Crippen molar-refractivity contribution in [3.8, 4) is 0 Å². The Morgan fingerprint density at radius 3 is 2.12 bits per heavy atom. The Kier molecular flexibility index (Phi) is 6.77. The van der Waals surface area contributed by atoms with Gasteiger partial charge >= 0.3 is 0 Å². The largest absolute Gasteiger partial charge is 0.396 e. The topological polar surface area (TPSA) is 44.3 Å². The molecule has 0 aliphatic carbocycles. The number of hydrogen-bond donors (Lipinski definition) is 2. The predicted molar refractivity (Wildman–Crippen MR) is 63.0 cm³/mol. The summed E-state index contributed by atoms with van der Waals surface area (Å²) in [5, 5.41) is 17.4. The molecule has 0 spiro atoms. The van der Waals surface area contributed by atoms with E-state index in [9.17, 15) is 0 Å². The summed E-state index contributed by atoms with van der Waals surface area (Å²) in [4.78, 5) is 0. The summed E-state index contributed by atoms with van der Waals surface area (Å²) < 4.78 is 2.14. The van der Waals surface area contributed by atoms with Crippen LogP contribution in [0.25, 0.3) is 0 Å². The minimum absolute atomic E-state index is 0.278. The van der Waals surface area contributed by atoms with Gasteiger partial charge in [-0.25, -0.2) is 4.57 Å². The molecule has 16 heavy (non-hydrogen) atoms. The zero-order valence-corrected chi connectivity index (χ0v) is 9.81. The first kappa shape index (κ1) is 13.1. The van der Waals surface area contributed by atoms with Crippen LogP contribution < -0.4 is 4.57 Å². The second-order valence-corrected chi connectivity index (χ2v) is 4.06. The van der Waals surface area contributed by atoms with Gasteiger partial charge in [-0.05, 0) is 31.2 Å². The molecule has 0 unspecified atom stereocenters. The first-order chi connectivity index (χ1) is 7.86. The van der Waals surface area contributed by atoms with Gasteiger partial charge in [-0.3, -0.25) is 0 Å². The molecule has 1 aromatic rings. The van der Waals surface area contributed by atoms with Gasteiger partial charge in [-0.2, -0.15) is 0 Å². The summed E-state index contributed by atoms with van der Waals surface area (Å²) in [6.45, 7) is 1.53. The Labute approximate surface area is 97.4 Å². The van der Waals surface area contributed by atoms with Gasteiger partial charge in [-0.15, -0.1) is 0 Å². The summed E-state index contributed by atoms with van der Waals surface area (Å²) in [5.74, 6) is 0. The Morgan fingerprint density at radius 1 is 0.875 bits per heavy atom. The molecule has 0 saturated heterocycles. The van der Waals surface area contributed by atoms with E-state index in [1.165, 1.54) is 5.56 Å². The normalized spacial score (nSPS) is 10.6. The molecule has 0 aliphatic heterocycles. The van der Waals surface area contributed by atoms with Gasteiger partial charge in [0.15, 0.2) is 12.4 Å². The van der Waals surface area contributed by atoms with Crippen LogP contribution in [-0.4, -0.2) is 23.4 Å². The molecule has 2 N–H and O–H groups in total. The van der Waals surface area contributed by atoms with Gasteiger partial charge in [0, 0.05) is 31.8 Å². The zero-order chi connectivity index (χ0) is 11.6. The number of aryl methyl sites for hydroxylation is 2. The van der Waals surface area contributed by atoms with Crippen LogP contribution in [0.5, 0.6) is 0 Å². The third kappa shape index (κ3) is 5.24. The van der Waals surface area contributed by atoms with Crippen molar-refractivity contribution in [1.82, 2.24) is 0 Å². The van der Waals surface area contributed by atoms with Crippen LogP contribution in [0.15, 0.2) is 24.5 Å². The fourth-order valence-electron chi connectivity index (χ4n) is 1.65. The van der Waals surface area contributed by atoms with Gasteiger partial charge in [0.05, 0.1) is 0 Å². The number of pyridine rings is 1. The van der Waals surface area contributed by atoms with Crippen molar-refractivity contribution < 1.29 is 14.8 Å². The SMILES string of the molecule is OCCCCc1cc[n+](CCCCO)cc1. The zero-order valence-electron chi connectivity index (χ0n) is 9.81. The number of hydrogen-bond acceptors (Lipinski definition) is 2. The summed E-state index contributed by atoms with van der Waals surface area (Å²) in [7, 11) is 0. The van der Waals surface area contributed by atoms with Crippen molar-refractivity contribution in [2.45, 2.75) is 38.6 Å². The first-order valence-corrected chi connectivity index (χ1v) is 6.06. The van der Waals surface area contributed by atoms with Gasteiger partial charge < -0.3 is 10.2 Å². The van der Waals surface area contributed by atoms with E-state index in [0.29, 0.717) is 0 Å². The van der Waals surface area contributed by atoms with Crippen LogP contribution in [0.1, 0.15) is 31.2 Å². The summed E-state index contributed by atoms with van der Waals surface area (Å²) in [6, 6.07) is 4.27. The van der Waals surface area contributed by atoms with E-state index >= 15 is 0 Å². The third-order valence-electron chi connectivity index (χ3n) is 2.66. The molecule has 0 atom stereocenters. The molecule has 0 aliphatic rings. The van der Waals surface area contributed by atoms with Crippen LogP contribution in [0.2, 0.25) is 0 Å². The second-order valence-electron chi connectivity index (χ2n) is 4.06. The van der Waals surface area contributed by atoms with Crippen molar-refractivity contribution in [3.63, 3.8) is 0 Å². The molecular formula is C13H22NO2+. The third-order valence-corrected chi connectivity index (χ3v) is 2.66. The minimum Gasteiger partial charge on any atom is -0.396 e. The van der Waals surface area contributed by atoms with Gasteiger partial charge in [0.2, 0.25) is 0 Å². The van der Waals surface area contributed by atoms with E-state index in [-0.39, 0.29) is 13.2 Å². The lowest BCUT2D eigenvalue weighted by molar-refractivity contribution is -0.697. The van der Waals surface area contributed by atoms with E-state index in [4.69, 9.17) is 10.2 Å². The highest BCUT2D eigenvalue weighted by Crippen LogP contribution is 2.02. The van der Waals surface area contributed by atoms with Crippen molar-refractivity contribution >= 4 is 0 Å². The van der Waals surface area contributed by atoms with E-state index in [0.717, 1.165) is 38.6 Å². The second kappa shape index (κ2) is 8.25. The standard InChI is InChI=1S/C13H22NO2/c15-11-3-1-5-13-6-9-14(10-7-13)8-2-4-12-16/h6-7,9-10,15-16H,1-5,8,11-12H2/q+1. The molecule has 3 heteroatoms. The fraction of sp³-hybridized carbons (Fsp3) is 0.615. The molecule has 90 valence electrons. The van der Waals surface area contributed by atoms with Crippen molar-refractivity contribution in [2.24, 2.45) is 0 Å². The Bertz CT molecular complexity index is 243. The number of rotatable bonds is 8. The summed E-state index contributed by atoms with van der Waals surface area (Å²) in [6.07, 6.45) is 9.03. The van der Waals surface area contributed by atoms with Crippen LogP contribution in [-0.2, 0) is 13.0 Å².